The first kappa shape index (κ1) is 9.73. The summed E-state index contributed by atoms with van der Waals surface area (Å²) < 4.78 is 4.92. The minimum atomic E-state index is -0.952. The van der Waals surface area contributed by atoms with Crippen LogP contribution in [0.3, 0.4) is 0 Å². The first-order valence-electron chi connectivity index (χ1n) is 3.99. The fraction of sp³-hybridized carbons (Fsp3) is 0.500. The van der Waals surface area contributed by atoms with Crippen LogP contribution in [0.5, 0.6) is 0 Å². The molecule has 5 heteroatoms. The third kappa shape index (κ3) is 3.25. The Bertz CT molecular complexity index is 258. The van der Waals surface area contributed by atoms with Crippen molar-refractivity contribution in [1.82, 2.24) is 9.97 Å². The average molecular weight is 184 g/mol. The quantitative estimate of drug-likeness (QED) is 0.703. The highest BCUT2D eigenvalue weighted by Gasteiger charge is 2.08. The Morgan fingerprint density at radius 3 is 3.15 bits per heavy atom. The van der Waals surface area contributed by atoms with Crippen LogP contribution in [0, 0.1) is 0 Å². The number of carboxylic acid groups (broad SMARTS) is 1. The van der Waals surface area contributed by atoms with Gasteiger partial charge in [-0.1, -0.05) is 6.92 Å². The number of hydrogen-bond donors (Lipinski definition) is 2. The van der Waals surface area contributed by atoms with Crippen LogP contribution in [0.15, 0.2) is 12.4 Å². The minimum absolute atomic E-state index is 0.0920. The highest BCUT2D eigenvalue weighted by Crippen LogP contribution is 2.08. The van der Waals surface area contributed by atoms with E-state index in [4.69, 9.17) is 9.84 Å². The van der Waals surface area contributed by atoms with Gasteiger partial charge in [0.15, 0.2) is 0 Å². The van der Waals surface area contributed by atoms with E-state index in [1.54, 1.807) is 12.4 Å². The van der Waals surface area contributed by atoms with Gasteiger partial charge in [0, 0.05) is 18.3 Å². The maximum Gasteiger partial charge on any atom is 0.329 e. The van der Waals surface area contributed by atoms with Crippen molar-refractivity contribution in [1.29, 1.82) is 0 Å². The fourth-order valence-corrected chi connectivity index (χ4v) is 0.949. The number of carboxylic acids is 1. The molecule has 0 aliphatic carbocycles. The van der Waals surface area contributed by atoms with E-state index in [2.05, 4.69) is 9.97 Å². The summed E-state index contributed by atoms with van der Waals surface area (Å²) in [7, 11) is 0. The zero-order chi connectivity index (χ0) is 9.68. The molecular weight excluding hydrogens is 172 g/mol. The van der Waals surface area contributed by atoms with Crippen molar-refractivity contribution in [3.63, 3.8) is 0 Å². The molecular formula is C8H12N2O3. The molecule has 0 spiro atoms. The monoisotopic (exact) mass is 184 g/mol. The lowest BCUT2D eigenvalue weighted by atomic mass is 10.2. The fourth-order valence-electron chi connectivity index (χ4n) is 0.949. The maximum atomic E-state index is 10.1. The van der Waals surface area contributed by atoms with Gasteiger partial charge in [0.2, 0.25) is 0 Å². The van der Waals surface area contributed by atoms with E-state index in [0.29, 0.717) is 6.61 Å². The Balaban J connectivity index is 2.26. The molecule has 0 aromatic carbocycles. The van der Waals surface area contributed by atoms with E-state index in [9.17, 15) is 4.79 Å². The van der Waals surface area contributed by atoms with E-state index >= 15 is 0 Å². The number of nitrogens with zero attached hydrogens (tertiary/aromatic N) is 1. The summed E-state index contributed by atoms with van der Waals surface area (Å²) in [5, 5.41) is 8.31. The highest BCUT2D eigenvalue weighted by molar-refractivity contribution is 5.67. The molecule has 0 unspecified atom stereocenters. The standard InChI is InChI=1S/C8H12N2O3/c1-6(4-13-5-7(11)12)8-9-2-3-10-8/h2-3,6H,4-5H2,1H3,(H,9,10)(H,11,12)/t6-/m1/s1. The third-order valence-corrected chi connectivity index (χ3v) is 1.58. The van der Waals surface area contributed by atoms with Crippen LogP contribution in [-0.4, -0.2) is 34.3 Å². The van der Waals surface area contributed by atoms with Crippen LogP contribution in [0.25, 0.3) is 0 Å². The van der Waals surface area contributed by atoms with Crippen molar-refractivity contribution in [2.24, 2.45) is 0 Å². The van der Waals surface area contributed by atoms with Gasteiger partial charge in [-0.2, -0.15) is 0 Å². The normalized spacial score (nSPS) is 12.7. The molecule has 1 heterocycles. The molecule has 0 aliphatic heterocycles. The second-order valence-corrected chi connectivity index (χ2v) is 2.78. The van der Waals surface area contributed by atoms with Gasteiger partial charge in [0.1, 0.15) is 12.4 Å². The molecule has 1 aromatic heterocycles. The second kappa shape index (κ2) is 4.61. The van der Waals surface area contributed by atoms with Gasteiger partial charge in [-0.05, 0) is 0 Å². The van der Waals surface area contributed by atoms with Crippen LogP contribution >= 0.6 is 0 Å². The summed E-state index contributed by atoms with van der Waals surface area (Å²) in [6.45, 7) is 2.02. The Hall–Kier alpha value is -1.36. The number of H-pyrrole nitrogens is 1. The number of ether oxygens (including phenoxy) is 1. The Morgan fingerprint density at radius 1 is 1.85 bits per heavy atom. The Kier molecular flexibility index (Phi) is 3.45. The molecule has 1 atom stereocenters. The zero-order valence-corrected chi connectivity index (χ0v) is 7.36. The van der Waals surface area contributed by atoms with Gasteiger partial charge in [-0.3, -0.25) is 0 Å². The zero-order valence-electron chi connectivity index (χ0n) is 7.36. The molecule has 0 amide bonds. The Labute approximate surface area is 75.8 Å². The van der Waals surface area contributed by atoms with Crippen LogP contribution in [-0.2, 0) is 9.53 Å². The molecule has 72 valence electrons. The number of carbonyl (C=O) groups is 1. The summed E-state index contributed by atoms with van der Waals surface area (Å²) in [4.78, 5) is 17.1. The van der Waals surface area contributed by atoms with E-state index in [0.717, 1.165) is 5.82 Å². The van der Waals surface area contributed by atoms with E-state index in [1.165, 1.54) is 0 Å². The molecule has 0 saturated carbocycles. The van der Waals surface area contributed by atoms with Crippen LogP contribution in [0.2, 0.25) is 0 Å². The van der Waals surface area contributed by atoms with Gasteiger partial charge in [0.25, 0.3) is 0 Å². The molecule has 0 bridgehead atoms. The molecule has 0 aliphatic rings. The lowest BCUT2D eigenvalue weighted by Gasteiger charge is -2.07. The summed E-state index contributed by atoms with van der Waals surface area (Å²) in [6, 6.07) is 0. The molecule has 0 radical (unpaired) electrons. The van der Waals surface area contributed by atoms with E-state index in [1.807, 2.05) is 6.92 Å². The van der Waals surface area contributed by atoms with Crippen molar-refractivity contribution in [3.05, 3.63) is 18.2 Å². The number of nitrogens with one attached hydrogen (secondary N) is 1. The topological polar surface area (TPSA) is 75.2 Å². The minimum Gasteiger partial charge on any atom is -0.480 e. The van der Waals surface area contributed by atoms with Crippen molar-refractivity contribution in [2.45, 2.75) is 12.8 Å². The van der Waals surface area contributed by atoms with Crippen molar-refractivity contribution in [2.75, 3.05) is 13.2 Å². The number of imidazole rings is 1. The van der Waals surface area contributed by atoms with E-state index in [-0.39, 0.29) is 12.5 Å². The summed E-state index contributed by atoms with van der Waals surface area (Å²) in [6.07, 6.45) is 3.38. The van der Waals surface area contributed by atoms with Crippen LogP contribution < -0.4 is 0 Å². The van der Waals surface area contributed by atoms with Crippen molar-refractivity contribution < 1.29 is 14.6 Å². The lowest BCUT2D eigenvalue weighted by molar-refractivity contribution is -0.142. The molecule has 2 N–H and O–H groups in total. The number of hydrogen-bond acceptors (Lipinski definition) is 3. The van der Waals surface area contributed by atoms with Crippen molar-refractivity contribution >= 4 is 5.97 Å². The highest BCUT2D eigenvalue weighted by atomic mass is 16.5. The molecule has 0 fully saturated rings. The number of aromatic amines is 1. The second-order valence-electron chi connectivity index (χ2n) is 2.78. The molecule has 13 heavy (non-hydrogen) atoms. The number of rotatable bonds is 5. The largest absolute Gasteiger partial charge is 0.480 e. The third-order valence-electron chi connectivity index (χ3n) is 1.58. The summed E-state index contributed by atoms with van der Waals surface area (Å²) in [5.41, 5.74) is 0. The SMILES string of the molecule is C[C@H](COCC(=O)O)c1ncc[nH]1. The predicted molar refractivity (Wildman–Crippen MR) is 45.5 cm³/mol. The molecule has 0 saturated heterocycles. The van der Waals surface area contributed by atoms with Crippen LogP contribution in [0.4, 0.5) is 0 Å². The summed E-state index contributed by atoms with van der Waals surface area (Å²) in [5.74, 6) is -0.0496. The molecule has 5 nitrogen and oxygen atoms in total. The van der Waals surface area contributed by atoms with Crippen molar-refractivity contribution in [3.8, 4) is 0 Å². The lowest BCUT2D eigenvalue weighted by Crippen LogP contribution is -2.12. The van der Waals surface area contributed by atoms with Gasteiger partial charge < -0.3 is 14.8 Å². The number of aliphatic carboxylic acids is 1. The first-order chi connectivity index (χ1) is 6.20. The van der Waals surface area contributed by atoms with Gasteiger partial charge >= 0.3 is 5.97 Å². The summed E-state index contributed by atoms with van der Waals surface area (Å²) >= 11 is 0. The maximum absolute atomic E-state index is 10.1. The predicted octanol–water partition coefficient (Wildman–Crippen LogP) is 0.614. The van der Waals surface area contributed by atoms with Gasteiger partial charge in [0.05, 0.1) is 6.61 Å². The molecule has 1 rings (SSSR count). The van der Waals surface area contributed by atoms with Gasteiger partial charge in [-0.15, -0.1) is 0 Å². The van der Waals surface area contributed by atoms with Gasteiger partial charge in [-0.25, -0.2) is 9.78 Å². The number of aromatic nitrogens is 2. The van der Waals surface area contributed by atoms with Crippen LogP contribution in [0.1, 0.15) is 18.7 Å². The average Bonchev–Trinajstić information content (AvgIpc) is 2.55. The van der Waals surface area contributed by atoms with E-state index < -0.39 is 5.97 Å². The smallest absolute Gasteiger partial charge is 0.329 e. The first-order valence-corrected chi connectivity index (χ1v) is 3.99. The Morgan fingerprint density at radius 2 is 2.62 bits per heavy atom. The molecule has 1 aromatic rings.